The van der Waals surface area contributed by atoms with Crippen LogP contribution >= 0.6 is 11.8 Å². The van der Waals surface area contributed by atoms with Crippen LogP contribution in [-0.4, -0.2) is 22.8 Å². The second kappa shape index (κ2) is 8.99. The molecule has 1 fully saturated rings. The van der Waals surface area contributed by atoms with Crippen molar-refractivity contribution >= 4 is 29.1 Å². The van der Waals surface area contributed by atoms with Gasteiger partial charge in [-0.05, 0) is 42.7 Å². The predicted octanol–water partition coefficient (Wildman–Crippen LogP) is 5.54. The molecule has 2 aliphatic rings. The van der Waals surface area contributed by atoms with Gasteiger partial charge in [0.1, 0.15) is 11.6 Å². The zero-order valence-corrected chi connectivity index (χ0v) is 17.1. The minimum Gasteiger partial charge on any atom is -0.468 e. The minimum absolute atomic E-state index is 0.0625. The van der Waals surface area contributed by atoms with E-state index in [-0.39, 0.29) is 23.7 Å². The van der Waals surface area contributed by atoms with Crippen LogP contribution in [0.2, 0.25) is 0 Å². The van der Waals surface area contributed by atoms with E-state index in [0.29, 0.717) is 21.8 Å². The van der Waals surface area contributed by atoms with E-state index in [1.165, 1.54) is 35.2 Å². The molecule has 0 radical (unpaired) electrons. The topological polar surface area (TPSA) is 50.5 Å². The van der Waals surface area contributed by atoms with Crippen molar-refractivity contribution in [1.82, 2.24) is 4.90 Å². The summed E-state index contributed by atoms with van der Waals surface area (Å²) < 4.78 is 18.8. The van der Waals surface area contributed by atoms with Crippen molar-refractivity contribution in [3.8, 4) is 0 Å². The molecule has 4 nitrogen and oxygen atoms in total. The van der Waals surface area contributed by atoms with Gasteiger partial charge in [-0.25, -0.2) is 4.39 Å². The van der Waals surface area contributed by atoms with Crippen LogP contribution in [0.25, 0.3) is 5.57 Å². The molecule has 0 unspecified atom stereocenters. The van der Waals surface area contributed by atoms with Crippen molar-refractivity contribution in [3.63, 3.8) is 0 Å². The monoisotopic (exact) mass is 413 g/mol. The first-order valence-corrected chi connectivity index (χ1v) is 11.2. The summed E-state index contributed by atoms with van der Waals surface area (Å²) in [5.41, 5.74) is 0.966. The van der Waals surface area contributed by atoms with Crippen molar-refractivity contribution in [2.24, 2.45) is 0 Å². The molecule has 0 saturated heterocycles. The number of hydrogen-bond donors (Lipinski definition) is 0. The number of halogens is 1. The number of benzene rings is 1. The van der Waals surface area contributed by atoms with E-state index in [2.05, 4.69) is 0 Å². The molecule has 1 aromatic heterocycles. The van der Waals surface area contributed by atoms with Gasteiger partial charge in [0.25, 0.3) is 11.8 Å². The number of rotatable bonds is 5. The van der Waals surface area contributed by atoms with Gasteiger partial charge >= 0.3 is 0 Å². The molecular weight excluding hydrogens is 389 g/mol. The molecule has 0 N–H and O–H groups in total. The molecule has 1 aromatic carbocycles. The van der Waals surface area contributed by atoms with Gasteiger partial charge in [0.05, 0.1) is 22.5 Å². The summed E-state index contributed by atoms with van der Waals surface area (Å²) in [4.78, 5) is 28.6. The fraction of sp³-hybridized carbons (Fsp3) is 0.391. The molecule has 0 atom stereocenters. The smallest absolute Gasteiger partial charge is 0.268 e. The number of imide groups is 1. The highest BCUT2D eigenvalue weighted by atomic mass is 32.2. The van der Waals surface area contributed by atoms with Crippen LogP contribution in [-0.2, 0) is 15.3 Å². The maximum Gasteiger partial charge on any atom is 0.268 e. The van der Waals surface area contributed by atoms with Crippen LogP contribution in [0.4, 0.5) is 4.39 Å². The Kier molecular flexibility index (Phi) is 6.19. The minimum atomic E-state index is -0.368. The van der Waals surface area contributed by atoms with Crippen LogP contribution < -0.4 is 0 Å². The van der Waals surface area contributed by atoms with Crippen LogP contribution in [0.1, 0.15) is 56.3 Å². The molecule has 0 bridgehead atoms. The Morgan fingerprint density at radius 1 is 0.966 bits per heavy atom. The summed E-state index contributed by atoms with van der Waals surface area (Å²) in [6.45, 7) is 0. The summed E-state index contributed by atoms with van der Waals surface area (Å²) in [5, 5.41) is 0. The van der Waals surface area contributed by atoms with E-state index in [4.69, 9.17) is 4.42 Å². The average Bonchev–Trinajstić information content (AvgIpc) is 3.28. The fourth-order valence-electron chi connectivity index (χ4n) is 4.09. The molecule has 6 heteroatoms. The number of thioether (sulfide) groups is 1. The van der Waals surface area contributed by atoms with E-state index in [1.807, 2.05) is 6.07 Å². The Bertz CT molecular complexity index is 897. The van der Waals surface area contributed by atoms with Gasteiger partial charge in [-0.15, -0.1) is 11.8 Å². The second-order valence-electron chi connectivity index (χ2n) is 7.56. The Labute approximate surface area is 174 Å². The number of nitrogens with zero attached hydrogens (tertiary/aromatic N) is 1. The first-order chi connectivity index (χ1) is 14.1. The first kappa shape index (κ1) is 20.0. The summed E-state index contributed by atoms with van der Waals surface area (Å²) in [6.07, 6.45) is 8.86. The number of furan rings is 1. The summed E-state index contributed by atoms with van der Waals surface area (Å²) >= 11 is 1.32. The molecule has 4 rings (SSSR count). The maximum absolute atomic E-state index is 13.4. The molecule has 2 heterocycles. The highest BCUT2D eigenvalue weighted by Crippen LogP contribution is 2.40. The maximum atomic E-state index is 13.4. The van der Waals surface area contributed by atoms with Gasteiger partial charge in [-0.1, -0.05) is 44.2 Å². The number of carbonyl (C=O) groups is 2. The molecule has 2 amide bonds. The van der Waals surface area contributed by atoms with Crippen LogP contribution in [0.3, 0.4) is 0 Å². The standard InChI is InChI=1S/C23H24FNO3S/c24-17-12-10-16(11-13-17)20-21(29-15-19-9-6-14-28-19)23(27)25(22(20)26)18-7-4-2-1-3-5-8-18/h6,9-14,18H,1-5,7-8,15H2. The zero-order chi connectivity index (χ0) is 20.2. The van der Waals surface area contributed by atoms with E-state index in [0.717, 1.165) is 44.3 Å². The summed E-state index contributed by atoms with van der Waals surface area (Å²) in [6, 6.07) is 9.39. The molecule has 1 aliphatic carbocycles. The predicted molar refractivity (Wildman–Crippen MR) is 111 cm³/mol. The van der Waals surface area contributed by atoms with Gasteiger partial charge in [0, 0.05) is 6.04 Å². The quantitative estimate of drug-likeness (QED) is 0.604. The van der Waals surface area contributed by atoms with E-state index >= 15 is 0 Å². The van der Waals surface area contributed by atoms with Crippen molar-refractivity contribution in [1.29, 1.82) is 0 Å². The summed E-state index contributed by atoms with van der Waals surface area (Å²) in [7, 11) is 0. The van der Waals surface area contributed by atoms with Gasteiger partial charge in [-0.2, -0.15) is 0 Å². The molecule has 152 valence electrons. The Balaban J connectivity index is 1.65. The molecule has 2 aromatic rings. The molecular formula is C23H24FNO3S. The largest absolute Gasteiger partial charge is 0.468 e. The third kappa shape index (κ3) is 4.32. The Hall–Kier alpha value is -2.34. The van der Waals surface area contributed by atoms with E-state index in [9.17, 15) is 14.0 Å². The lowest BCUT2D eigenvalue weighted by Crippen LogP contribution is -2.41. The lowest BCUT2D eigenvalue weighted by Gasteiger charge is -2.28. The molecule has 0 spiro atoms. The average molecular weight is 414 g/mol. The lowest BCUT2D eigenvalue weighted by atomic mass is 9.95. The first-order valence-electron chi connectivity index (χ1n) is 10.2. The van der Waals surface area contributed by atoms with Gasteiger partial charge in [-0.3, -0.25) is 14.5 Å². The Morgan fingerprint density at radius 3 is 2.31 bits per heavy atom. The van der Waals surface area contributed by atoms with Crippen molar-refractivity contribution < 1.29 is 18.4 Å². The number of hydrogen-bond acceptors (Lipinski definition) is 4. The normalized spacial score (nSPS) is 19.0. The van der Waals surface area contributed by atoms with Crippen molar-refractivity contribution in [3.05, 3.63) is 64.7 Å². The fourth-order valence-corrected chi connectivity index (χ4v) is 5.12. The highest BCUT2D eigenvalue weighted by Gasteiger charge is 2.42. The molecule has 1 aliphatic heterocycles. The Morgan fingerprint density at radius 2 is 1.66 bits per heavy atom. The highest BCUT2D eigenvalue weighted by molar-refractivity contribution is 8.03. The van der Waals surface area contributed by atoms with Gasteiger partial charge < -0.3 is 4.42 Å². The SMILES string of the molecule is O=C1C(SCc2ccco2)=C(c2ccc(F)cc2)C(=O)N1C1CCCCCCC1. The summed E-state index contributed by atoms with van der Waals surface area (Å²) in [5.74, 6) is 0.355. The zero-order valence-electron chi connectivity index (χ0n) is 16.2. The lowest BCUT2D eigenvalue weighted by molar-refractivity contribution is -0.139. The third-order valence-corrected chi connectivity index (χ3v) is 6.68. The van der Waals surface area contributed by atoms with Gasteiger partial charge in [0.2, 0.25) is 0 Å². The second-order valence-corrected chi connectivity index (χ2v) is 8.54. The third-order valence-electron chi connectivity index (χ3n) is 5.58. The molecule has 1 saturated carbocycles. The molecule has 29 heavy (non-hydrogen) atoms. The van der Waals surface area contributed by atoms with Crippen molar-refractivity contribution in [2.75, 3.05) is 0 Å². The van der Waals surface area contributed by atoms with Crippen LogP contribution in [0.15, 0.2) is 52.0 Å². The van der Waals surface area contributed by atoms with E-state index < -0.39 is 0 Å². The van der Waals surface area contributed by atoms with Crippen LogP contribution in [0.5, 0.6) is 0 Å². The van der Waals surface area contributed by atoms with Crippen LogP contribution in [0, 0.1) is 5.82 Å². The van der Waals surface area contributed by atoms with E-state index in [1.54, 1.807) is 24.5 Å². The van der Waals surface area contributed by atoms with Crippen molar-refractivity contribution in [2.45, 2.75) is 56.7 Å². The number of carbonyl (C=O) groups excluding carboxylic acids is 2. The number of amides is 2. The van der Waals surface area contributed by atoms with Gasteiger partial charge in [0.15, 0.2) is 0 Å².